The van der Waals surface area contributed by atoms with Crippen LogP contribution in [0, 0.1) is 82.9 Å². The van der Waals surface area contributed by atoms with Crippen molar-refractivity contribution in [3.63, 3.8) is 0 Å². The summed E-state index contributed by atoms with van der Waals surface area (Å²) in [5.74, 6) is -9.21. The molecule has 2 aromatic heterocycles. The minimum atomic E-state index is -0.717. The summed E-state index contributed by atoms with van der Waals surface area (Å²) in [5.41, 5.74) is -0.824. The molecule has 16 rings (SSSR count). The van der Waals surface area contributed by atoms with Crippen LogP contribution in [0.4, 0.5) is 0 Å². The standard InChI is InChI=1S/C14H14O6.C14H8O6.C14H4O6.C14H14O6/c3*15-11-7-1-5-2-9-10(14(18)20-13(9)17)4-6(5)3-8(7)12(16)19-11;15-11-6-2-1-5-3-8-9(13(17)19-12(8)16)4-7(5)10(6)14(18)20-11/h5-10H,1-4H2;1,3,9-10H,2,4H2;1-4H;5-10H,1-4H2. The van der Waals surface area contributed by atoms with Gasteiger partial charge in [-0.15, -0.1) is 0 Å². The maximum absolute atomic E-state index is 11.9. The van der Waals surface area contributed by atoms with E-state index in [1.165, 1.54) is 24.3 Å². The number of cyclic esters (lactones) is 12. The van der Waals surface area contributed by atoms with Gasteiger partial charge in [-0.05, 0) is 146 Å². The molecule has 0 amide bonds. The largest absolute Gasteiger partial charge is 0.393 e. The van der Waals surface area contributed by atoms with Crippen molar-refractivity contribution >= 4 is 104 Å². The lowest BCUT2D eigenvalue weighted by atomic mass is 9.58. The zero-order valence-corrected chi connectivity index (χ0v) is 41.4. The Morgan fingerprint density at radius 2 is 0.613 bits per heavy atom. The molecule has 0 bridgehead atoms. The lowest BCUT2D eigenvalue weighted by molar-refractivity contribution is -0.156. The maximum Gasteiger partial charge on any atom is 0.346 e. The predicted octanol–water partition coefficient (Wildman–Crippen LogP) is 1.94. The zero-order valence-electron chi connectivity index (χ0n) is 41.4. The lowest BCUT2D eigenvalue weighted by Gasteiger charge is -2.42. The molecule has 24 nitrogen and oxygen atoms in total. The van der Waals surface area contributed by atoms with Gasteiger partial charge in [0.2, 0.25) is 0 Å². The summed E-state index contributed by atoms with van der Waals surface area (Å²) in [6, 6.07) is 9.04. The number of hydrogen-bond donors (Lipinski definition) is 0. The quantitative estimate of drug-likeness (QED) is 0.121. The highest BCUT2D eigenvalue weighted by atomic mass is 16.6. The normalized spacial score (nSPS) is 32.9. The number of rotatable bonds is 0. The minimum Gasteiger partial charge on any atom is -0.393 e. The Kier molecular flexibility index (Phi) is 11.6. The molecular weight excluding hydrogens is 1060 g/mol. The molecule has 5 aromatic rings. The monoisotopic (exact) mass is 1100 g/mol. The third kappa shape index (κ3) is 7.99. The summed E-state index contributed by atoms with van der Waals surface area (Å²) < 4.78 is 37.1. The smallest absolute Gasteiger partial charge is 0.346 e. The van der Waals surface area contributed by atoms with Gasteiger partial charge in [0.15, 0.2) is 0 Å². The molecule has 11 aliphatic rings. The first-order valence-electron chi connectivity index (χ1n) is 26.0. The predicted molar refractivity (Wildman–Crippen MR) is 256 cm³/mol. The van der Waals surface area contributed by atoms with Crippen LogP contribution < -0.4 is 22.5 Å². The van der Waals surface area contributed by atoms with Gasteiger partial charge in [-0.2, -0.15) is 0 Å². The van der Waals surface area contributed by atoms with Gasteiger partial charge in [0.05, 0.1) is 91.9 Å². The molecule has 0 spiro atoms. The van der Waals surface area contributed by atoms with Crippen molar-refractivity contribution in [1.82, 2.24) is 0 Å². The fourth-order valence-corrected chi connectivity index (χ4v) is 14.6. The molecule has 3 aromatic carbocycles. The molecule has 0 radical (unpaired) electrons. The number of furan rings is 2. The van der Waals surface area contributed by atoms with Crippen molar-refractivity contribution in [3.05, 3.63) is 100 Å². The molecule has 0 N–H and O–H groups in total. The molecule has 12 unspecified atom stereocenters. The van der Waals surface area contributed by atoms with E-state index < -0.39 is 118 Å². The van der Waals surface area contributed by atoms with Gasteiger partial charge in [-0.3, -0.25) is 47.9 Å². The average Bonchev–Trinajstić information content (AvgIpc) is 4.34. The Labute approximate surface area is 444 Å². The summed E-state index contributed by atoms with van der Waals surface area (Å²) in [7, 11) is 0. The van der Waals surface area contributed by atoms with Crippen LogP contribution in [0.25, 0.3) is 32.3 Å². The first kappa shape index (κ1) is 50.5. The molecule has 408 valence electrons. The minimum absolute atomic E-state index is 0.0348. The third-order valence-corrected chi connectivity index (χ3v) is 18.5. The van der Waals surface area contributed by atoms with E-state index in [1.54, 1.807) is 12.1 Å². The Balaban J connectivity index is 0.000000101. The van der Waals surface area contributed by atoms with E-state index in [0.29, 0.717) is 68.6 Å². The molecule has 5 saturated heterocycles. The van der Waals surface area contributed by atoms with Crippen LogP contribution in [0.15, 0.2) is 64.4 Å². The van der Waals surface area contributed by atoms with Crippen LogP contribution >= 0.6 is 0 Å². The number of carbonyl (C=O) groups is 12. The highest BCUT2D eigenvalue weighted by Gasteiger charge is 2.60. The van der Waals surface area contributed by atoms with Crippen molar-refractivity contribution in [2.24, 2.45) is 82.9 Å². The second-order valence-electron chi connectivity index (χ2n) is 22.4. The summed E-state index contributed by atoms with van der Waals surface area (Å²) in [6.07, 6.45) is 5.53. The van der Waals surface area contributed by atoms with Crippen molar-refractivity contribution in [2.75, 3.05) is 0 Å². The third-order valence-electron chi connectivity index (χ3n) is 18.5. The van der Waals surface area contributed by atoms with E-state index in [1.807, 2.05) is 0 Å². The molecule has 8 heterocycles. The van der Waals surface area contributed by atoms with Gasteiger partial charge in [0.1, 0.15) is 0 Å². The Bertz CT molecular complexity index is 3630. The number of benzene rings is 3. The van der Waals surface area contributed by atoms with Crippen molar-refractivity contribution in [3.8, 4) is 0 Å². The highest BCUT2D eigenvalue weighted by molar-refractivity contribution is 6.15. The zero-order chi connectivity index (χ0) is 56.1. The fraction of sp³-hybridized carbons (Fsp3) is 0.429. The Morgan fingerprint density at radius 1 is 0.300 bits per heavy atom. The molecule has 80 heavy (non-hydrogen) atoms. The molecule has 9 fully saturated rings. The van der Waals surface area contributed by atoms with Crippen molar-refractivity contribution in [2.45, 2.75) is 64.2 Å². The molecule has 5 aliphatic carbocycles. The highest BCUT2D eigenvalue weighted by Crippen LogP contribution is 2.55. The molecule has 12 atom stereocenters. The van der Waals surface area contributed by atoms with Gasteiger partial charge >= 0.3 is 94.1 Å². The Morgan fingerprint density at radius 3 is 0.988 bits per heavy atom. The van der Waals surface area contributed by atoms with Crippen molar-refractivity contribution in [1.29, 1.82) is 0 Å². The lowest BCUT2D eigenvalue weighted by Crippen LogP contribution is -2.43. The number of carbonyl (C=O) groups excluding carboxylic acids is 12. The van der Waals surface area contributed by atoms with Gasteiger partial charge in [-0.1, -0.05) is 0 Å². The van der Waals surface area contributed by atoms with Crippen LogP contribution in [0.1, 0.15) is 83.2 Å². The van der Waals surface area contributed by atoms with Crippen LogP contribution in [0.2, 0.25) is 0 Å². The SMILES string of the molecule is O=C1OC(=O)C2CC3C(CCC4C(=O)OC(=O)C43)CC12.O=C1OC(=O)C2CC3CC4C(=O)OC(=O)C4CC3CC12.O=C1OC(=O)c2cc3c(cc21)CC1C(=O)OC(=O)C1C3.O=c1oc(=O)c2cc3cc4c(=O)oc(=O)c4cc3cc12. The fourth-order valence-electron chi connectivity index (χ4n) is 14.6. The van der Waals surface area contributed by atoms with E-state index in [9.17, 15) is 76.7 Å². The van der Waals surface area contributed by atoms with E-state index in [2.05, 4.69) is 18.3 Å². The van der Waals surface area contributed by atoms with E-state index in [0.717, 1.165) is 17.5 Å². The number of ether oxygens (including phenoxy) is 6. The number of esters is 12. The van der Waals surface area contributed by atoms with E-state index in [-0.39, 0.29) is 91.9 Å². The summed E-state index contributed by atoms with van der Waals surface area (Å²) in [5, 5.41) is 1.72. The van der Waals surface area contributed by atoms with E-state index >= 15 is 0 Å². The maximum atomic E-state index is 11.9. The molecule has 4 saturated carbocycles. The molecular formula is C56H40O24. The van der Waals surface area contributed by atoms with Crippen molar-refractivity contribution < 1.29 is 94.8 Å². The summed E-state index contributed by atoms with van der Waals surface area (Å²) in [4.78, 5) is 186. The molecule has 6 aliphatic heterocycles. The topological polar surface area (TPSA) is 355 Å². The second kappa shape index (κ2) is 18.3. The summed E-state index contributed by atoms with van der Waals surface area (Å²) >= 11 is 0. The van der Waals surface area contributed by atoms with Gasteiger partial charge in [0, 0.05) is 0 Å². The Hall–Kier alpha value is -8.96. The van der Waals surface area contributed by atoms with Crippen LogP contribution in [0.3, 0.4) is 0 Å². The first-order valence-corrected chi connectivity index (χ1v) is 26.0. The van der Waals surface area contributed by atoms with Gasteiger partial charge in [0.25, 0.3) is 0 Å². The number of hydrogen-bond acceptors (Lipinski definition) is 24. The van der Waals surface area contributed by atoms with Crippen LogP contribution in [0.5, 0.6) is 0 Å². The van der Waals surface area contributed by atoms with Gasteiger partial charge in [-0.25, -0.2) is 28.8 Å². The average molecular weight is 1100 g/mol. The first-order chi connectivity index (χ1) is 38.2. The van der Waals surface area contributed by atoms with Crippen LogP contribution in [-0.2, 0) is 89.2 Å². The summed E-state index contributed by atoms with van der Waals surface area (Å²) in [6.45, 7) is 0. The number of fused-ring (bicyclic) bond motifs is 13. The van der Waals surface area contributed by atoms with E-state index in [4.69, 9.17) is 18.9 Å². The van der Waals surface area contributed by atoms with Crippen LogP contribution in [-0.4, -0.2) is 71.6 Å². The second-order valence-corrected chi connectivity index (χ2v) is 22.4. The van der Waals surface area contributed by atoms with Gasteiger partial charge < -0.3 is 37.3 Å². The molecule has 24 heteroatoms.